The van der Waals surface area contributed by atoms with Gasteiger partial charge in [-0.25, -0.2) is 13.2 Å². The van der Waals surface area contributed by atoms with E-state index in [-0.39, 0.29) is 17.1 Å². The summed E-state index contributed by atoms with van der Waals surface area (Å²) >= 11 is 0. The Morgan fingerprint density at radius 2 is 1.48 bits per heavy atom. The fourth-order valence-corrected chi connectivity index (χ4v) is 6.38. The third-order valence-electron chi connectivity index (χ3n) is 3.81. The largest absolute Gasteiger partial charge is 0.530 e. The highest BCUT2D eigenvalue weighted by Crippen LogP contribution is 2.20. The Morgan fingerprint density at radius 1 is 0.966 bits per heavy atom. The Labute approximate surface area is 175 Å². The fourth-order valence-electron chi connectivity index (χ4n) is 2.55. The molecule has 0 amide bonds. The van der Waals surface area contributed by atoms with Gasteiger partial charge in [0.2, 0.25) is 0 Å². The molecule has 164 valence electrons. The summed E-state index contributed by atoms with van der Waals surface area (Å²) in [6, 6.07) is 6.48. The zero-order valence-electron chi connectivity index (χ0n) is 17.9. The van der Waals surface area contributed by atoms with Crippen LogP contribution in [0.5, 0.6) is 0 Å². The van der Waals surface area contributed by atoms with E-state index in [1.165, 1.54) is 17.8 Å². The lowest BCUT2D eigenvalue weighted by Gasteiger charge is -2.26. The van der Waals surface area contributed by atoms with Crippen molar-refractivity contribution in [3.8, 4) is 0 Å². The van der Waals surface area contributed by atoms with Gasteiger partial charge in [-0.2, -0.15) is 0 Å². The van der Waals surface area contributed by atoms with Crippen molar-refractivity contribution >= 4 is 24.6 Å². The molecule has 0 aliphatic rings. The van der Waals surface area contributed by atoms with E-state index in [4.69, 9.17) is 18.0 Å². The average molecular weight is 445 g/mol. The maximum atomic E-state index is 12.9. The lowest BCUT2D eigenvalue weighted by Crippen LogP contribution is -2.45. The van der Waals surface area contributed by atoms with Crippen molar-refractivity contribution in [2.75, 3.05) is 32.2 Å². The number of esters is 1. The molecule has 0 N–H and O–H groups in total. The van der Waals surface area contributed by atoms with Gasteiger partial charge < -0.3 is 18.0 Å². The first-order valence-electron chi connectivity index (χ1n) is 9.83. The van der Waals surface area contributed by atoms with Crippen LogP contribution in [0.25, 0.3) is 0 Å². The predicted octanol–water partition coefficient (Wildman–Crippen LogP) is 3.24. The van der Waals surface area contributed by atoms with Crippen molar-refractivity contribution in [1.29, 1.82) is 0 Å². The predicted molar refractivity (Wildman–Crippen MR) is 113 cm³/mol. The minimum atomic E-state index is -3.78. The van der Waals surface area contributed by atoms with Crippen LogP contribution < -0.4 is 0 Å². The van der Waals surface area contributed by atoms with Crippen LogP contribution in [-0.2, 0) is 32.6 Å². The number of benzene rings is 1. The lowest BCUT2D eigenvalue weighted by atomic mass is 10.2. The van der Waals surface area contributed by atoms with Gasteiger partial charge in [-0.3, -0.25) is 0 Å². The minimum absolute atomic E-state index is 0.0407. The van der Waals surface area contributed by atoms with Gasteiger partial charge in [0, 0.05) is 19.8 Å². The number of carbonyl (C=O) groups excluding carboxylic acids is 1. The van der Waals surface area contributed by atoms with Crippen LogP contribution in [0, 0.1) is 6.92 Å². The van der Waals surface area contributed by atoms with Crippen LogP contribution >= 0.6 is 0 Å². The first kappa shape index (κ1) is 25.5. The normalized spacial score (nSPS) is 12.8. The van der Waals surface area contributed by atoms with Crippen LogP contribution in [0.15, 0.2) is 40.4 Å². The van der Waals surface area contributed by atoms with Gasteiger partial charge in [-0.15, -0.1) is 0 Å². The van der Waals surface area contributed by atoms with E-state index in [1.807, 2.05) is 13.8 Å². The molecule has 0 saturated heterocycles. The van der Waals surface area contributed by atoms with Crippen molar-refractivity contribution in [2.45, 2.75) is 45.9 Å². The highest BCUT2D eigenvalue weighted by molar-refractivity contribution is 7.91. The van der Waals surface area contributed by atoms with Crippen molar-refractivity contribution in [3.05, 3.63) is 41.1 Å². The standard InChI is InChI=1S/C20H32O7SSi/c1-6-14-24-20(21)18(16-29(25-7-2,26-8-3)27-9-4)15-28(22,23)19-12-10-17(5)11-13-19/h10-13,16H,6-9,14-15H2,1-5H3. The molecule has 0 saturated carbocycles. The molecule has 0 aliphatic carbocycles. The molecule has 0 aromatic heterocycles. The number of sulfone groups is 1. The second-order valence-corrected chi connectivity index (χ2v) is 10.6. The second-order valence-electron chi connectivity index (χ2n) is 6.28. The summed E-state index contributed by atoms with van der Waals surface area (Å²) < 4.78 is 48.3. The van der Waals surface area contributed by atoms with Gasteiger partial charge in [0.05, 0.1) is 22.8 Å². The molecule has 1 aromatic carbocycles. The summed E-state index contributed by atoms with van der Waals surface area (Å²) in [4.78, 5) is 12.8. The number of hydrogen-bond acceptors (Lipinski definition) is 7. The van der Waals surface area contributed by atoms with Crippen LogP contribution in [0.1, 0.15) is 39.7 Å². The van der Waals surface area contributed by atoms with Gasteiger partial charge in [-0.1, -0.05) is 24.6 Å². The zero-order valence-corrected chi connectivity index (χ0v) is 19.7. The van der Waals surface area contributed by atoms with Gasteiger partial charge >= 0.3 is 14.8 Å². The Morgan fingerprint density at radius 3 is 1.93 bits per heavy atom. The van der Waals surface area contributed by atoms with Crippen molar-refractivity contribution in [1.82, 2.24) is 0 Å². The summed E-state index contributed by atoms with van der Waals surface area (Å²) in [6.45, 7) is 10.2. The summed E-state index contributed by atoms with van der Waals surface area (Å²) in [7, 11) is -7.17. The molecule has 0 aliphatic heterocycles. The minimum Gasteiger partial charge on any atom is -0.462 e. The highest BCUT2D eigenvalue weighted by atomic mass is 32.2. The van der Waals surface area contributed by atoms with Crippen LogP contribution in [-0.4, -0.2) is 55.4 Å². The monoisotopic (exact) mass is 444 g/mol. The molecule has 29 heavy (non-hydrogen) atoms. The van der Waals surface area contributed by atoms with Crippen LogP contribution in [0.4, 0.5) is 0 Å². The lowest BCUT2D eigenvalue weighted by molar-refractivity contribution is -0.138. The molecule has 1 rings (SSSR count). The van der Waals surface area contributed by atoms with E-state index in [0.29, 0.717) is 26.2 Å². The molecule has 0 radical (unpaired) electrons. The summed E-state index contributed by atoms with van der Waals surface area (Å²) in [5.41, 5.74) is 2.31. The fraction of sp³-hybridized carbons (Fsp3) is 0.550. The third-order valence-corrected chi connectivity index (χ3v) is 8.27. The average Bonchev–Trinajstić information content (AvgIpc) is 2.66. The summed E-state index contributed by atoms with van der Waals surface area (Å²) in [5.74, 6) is -1.24. The van der Waals surface area contributed by atoms with E-state index >= 15 is 0 Å². The van der Waals surface area contributed by atoms with Gasteiger partial charge in [0.25, 0.3) is 0 Å². The second kappa shape index (κ2) is 12.2. The number of aryl methyl sites for hydroxylation is 1. The Bertz CT molecular complexity index is 756. The molecule has 0 spiro atoms. The Kier molecular flexibility index (Phi) is 10.8. The molecule has 0 heterocycles. The van der Waals surface area contributed by atoms with E-state index in [9.17, 15) is 13.2 Å². The van der Waals surface area contributed by atoms with Crippen molar-refractivity contribution in [3.63, 3.8) is 0 Å². The SMILES string of the molecule is CCCOC(=O)C(=C[Si](OCC)(OCC)OCC)CS(=O)(=O)c1ccc(C)cc1. The summed E-state index contributed by atoms with van der Waals surface area (Å²) in [6.07, 6.45) is 0.620. The van der Waals surface area contributed by atoms with E-state index in [2.05, 4.69) is 0 Å². The van der Waals surface area contributed by atoms with E-state index < -0.39 is 30.4 Å². The van der Waals surface area contributed by atoms with E-state index in [0.717, 1.165) is 5.56 Å². The molecular formula is C20H32O7SSi. The molecule has 0 atom stereocenters. The molecule has 9 heteroatoms. The molecule has 7 nitrogen and oxygen atoms in total. The maximum absolute atomic E-state index is 12.9. The molecule has 0 unspecified atom stereocenters. The number of rotatable bonds is 13. The third kappa shape index (κ3) is 8.02. The van der Waals surface area contributed by atoms with Crippen molar-refractivity contribution in [2.24, 2.45) is 0 Å². The summed E-state index contributed by atoms with van der Waals surface area (Å²) in [5, 5.41) is 0. The highest BCUT2D eigenvalue weighted by Gasteiger charge is 2.40. The van der Waals surface area contributed by atoms with Crippen molar-refractivity contribution < 1.29 is 31.2 Å². The van der Waals surface area contributed by atoms with Gasteiger partial charge in [0.1, 0.15) is 0 Å². The number of hydrogen-bond donors (Lipinski definition) is 0. The van der Waals surface area contributed by atoms with Gasteiger partial charge in [0.15, 0.2) is 9.84 Å². The van der Waals surface area contributed by atoms with Crippen LogP contribution in [0.3, 0.4) is 0 Å². The Hall–Kier alpha value is -1.52. The number of carbonyl (C=O) groups is 1. The first-order valence-corrected chi connectivity index (χ1v) is 13.3. The molecule has 0 fully saturated rings. The molecular weight excluding hydrogens is 412 g/mol. The molecule has 0 bridgehead atoms. The molecule has 1 aromatic rings. The number of ether oxygens (including phenoxy) is 1. The zero-order chi connectivity index (χ0) is 21.9. The topological polar surface area (TPSA) is 88.1 Å². The van der Waals surface area contributed by atoms with E-state index in [1.54, 1.807) is 32.9 Å². The maximum Gasteiger partial charge on any atom is 0.530 e. The van der Waals surface area contributed by atoms with Gasteiger partial charge in [-0.05, 0) is 51.9 Å². The Balaban J connectivity index is 3.38. The smallest absolute Gasteiger partial charge is 0.462 e. The first-order chi connectivity index (χ1) is 13.7. The van der Waals surface area contributed by atoms with Crippen LogP contribution in [0.2, 0.25) is 0 Å². The quantitative estimate of drug-likeness (QED) is 0.262.